The molecule has 0 saturated carbocycles. The molecule has 3 N–H and O–H groups in total. The van der Waals surface area contributed by atoms with Crippen LogP contribution >= 0.6 is 11.8 Å². The minimum Gasteiger partial charge on any atom is -0.393 e. The van der Waals surface area contributed by atoms with Crippen molar-refractivity contribution in [3.05, 3.63) is 33.9 Å². The molecule has 0 radical (unpaired) electrons. The molecule has 0 spiro atoms. The SMILES string of the molecule is CSCCCCNC(=O)c1ccc(N)c([N+](=O)[O-])c1. The van der Waals surface area contributed by atoms with Gasteiger partial charge in [0.05, 0.1) is 4.92 Å². The maximum absolute atomic E-state index is 11.8. The summed E-state index contributed by atoms with van der Waals surface area (Å²) in [6.45, 7) is 0.567. The number of carbonyl (C=O) groups excluding carboxylic acids is 1. The van der Waals surface area contributed by atoms with E-state index in [0.717, 1.165) is 18.6 Å². The molecule has 0 unspecified atom stereocenters. The first-order valence-electron chi connectivity index (χ1n) is 5.87. The Morgan fingerprint density at radius 1 is 1.47 bits per heavy atom. The van der Waals surface area contributed by atoms with E-state index in [1.54, 1.807) is 11.8 Å². The molecule has 19 heavy (non-hydrogen) atoms. The summed E-state index contributed by atoms with van der Waals surface area (Å²) in [5.41, 5.74) is 5.54. The summed E-state index contributed by atoms with van der Waals surface area (Å²) in [7, 11) is 0. The number of nitrogen functional groups attached to an aromatic ring is 1. The van der Waals surface area contributed by atoms with Crippen molar-refractivity contribution in [2.24, 2.45) is 0 Å². The van der Waals surface area contributed by atoms with Crippen LogP contribution in [-0.2, 0) is 0 Å². The zero-order valence-electron chi connectivity index (χ0n) is 10.7. The van der Waals surface area contributed by atoms with Gasteiger partial charge in [-0.2, -0.15) is 11.8 Å². The number of nitro groups is 1. The van der Waals surface area contributed by atoms with Crippen LogP contribution in [0.5, 0.6) is 0 Å². The molecule has 0 atom stereocenters. The van der Waals surface area contributed by atoms with E-state index in [4.69, 9.17) is 5.73 Å². The third kappa shape index (κ3) is 4.78. The van der Waals surface area contributed by atoms with E-state index in [9.17, 15) is 14.9 Å². The molecule has 0 aliphatic rings. The van der Waals surface area contributed by atoms with E-state index < -0.39 is 4.92 Å². The second kappa shape index (κ2) is 7.63. The van der Waals surface area contributed by atoms with Crippen LogP contribution in [0, 0.1) is 10.1 Å². The van der Waals surface area contributed by atoms with Gasteiger partial charge in [0.1, 0.15) is 5.69 Å². The molecular weight excluding hydrogens is 266 g/mol. The van der Waals surface area contributed by atoms with Crippen LogP contribution in [0.2, 0.25) is 0 Å². The van der Waals surface area contributed by atoms with Crippen LogP contribution < -0.4 is 11.1 Å². The molecule has 1 aromatic rings. The molecule has 0 saturated heterocycles. The van der Waals surface area contributed by atoms with Gasteiger partial charge in [-0.3, -0.25) is 14.9 Å². The molecule has 1 amide bonds. The Bertz CT molecular complexity index is 466. The van der Waals surface area contributed by atoms with Crippen LogP contribution in [-0.4, -0.2) is 29.4 Å². The Morgan fingerprint density at radius 2 is 2.21 bits per heavy atom. The molecule has 0 aromatic heterocycles. The summed E-state index contributed by atoms with van der Waals surface area (Å²) in [6.07, 6.45) is 3.96. The van der Waals surface area contributed by atoms with Crippen molar-refractivity contribution in [1.29, 1.82) is 0 Å². The number of carbonyl (C=O) groups is 1. The van der Waals surface area contributed by atoms with E-state index in [-0.39, 0.29) is 22.8 Å². The van der Waals surface area contributed by atoms with E-state index >= 15 is 0 Å². The summed E-state index contributed by atoms with van der Waals surface area (Å²) >= 11 is 1.76. The number of hydrogen-bond donors (Lipinski definition) is 2. The molecular formula is C12H17N3O3S. The highest BCUT2D eigenvalue weighted by Crippen LogP contribution is 2.22. The number of nitrogens with zero attached hydrogens (tertiary/aromatic N) is 1. The van der Waals surface area contributed by atoms with Gasteiger partial charge in [-0.25, -0.2) is 0 Å². The van der Waals surface area contributed by atoms with Gasteiger partial charge in [0.15, 0.2) is 0 Å². The number of anilines is 1. The van der Waals surface area contributed by atoms with Crippen molar-refractivity contribution in [2.45, 2.75) is 12.8 Å². The quantitative estimate of drug-likeness (QED) is 0.345. The molecule has 7 heteroatoms. The molecule has 0 aliphatic heterocycles. The average molecular weight is 283 g/mol. The van der Waals surface area contributed by atoms with Gasteiger partial charge in [-0.05, 0) is 37.0 Å². The third-order valence-electron chi connectivity index (χ3n) is 2.55. The molecule has 0 aliphatic carbocycles. The highest BCUT2D eigenvalue weighted by Gasteiger charge is 2.15. The summed E-state index contributed by atoms with van der Waals surface area (Å²) in [4.78, 5) is 21.9. The van der Waals surface area contributed by atoms with E-state index in [0.29, 0.717) is 6.54 Å². The number of thioether (sulfide) groups is 1. The predicted molar refractivity (Wildman–Crippen MR) is 77.5 cm³/mol. The number of rotatable bonds is 7. The smallest absolute Gasteiger partial charge is 0.292 e. The number of amides is 1. The maximum atomic E-state index is 11.8. The van der Waals surface area contributed by atoms with Gasteiger partial charge in [-0.1, -0.05) is 0 Å². The third-order valence-corrected chi connectivity index (χ3v) is 3.25. The van der Waals surface area contributed by atoms with Gasteiger partial charge in [0, 0.05) is 18.2 Å². The van der Waals surface area contributed by atoms with Crippen molar-refractivity contribution in [3.8, 4) is 0 Å². The monoisotopic (exact) mass is 283 g/mol. The molecule has 0 heterocycles. The van der Waals surface area contributed by atoms with Crippen LogP contribution in [0.25, 0.3) is 0 Å². The lowest BCUT2D eigenvalue weighted by molar-refractivity contribution is -0.383. The number of nitrogens with two attached hydrogens (primary N) is 1. The van der Waals surface area contributed by atoms with Gasteiger partial charge in [0.25, 0.3) is 11.6 Å². The number of unbranched alkanes of at least 4 members (excludes halogenated alkanes) is 1. The number of benzene rings is 1. The molecule has 1 rings (SSSR count). The summed E-state index contributed by atoms with van der Waals surface area (Å²) in [5.74, 6) is 0.746. The maximum Gasteiger partial charge on any atom is 0.292 e. The zero-order valence-corrected chi connectivity index (χ0v) is 11.5. The topological polar surface area (TPSA) is 98.3 Å². The summed E-state index contributed by atoms with van der Waals surface area (Å²) in [6, 6.07) is 4.06. The lowest BCUT2D eigenvalue weighted by Gasteiger charge is -2.05. The average Bonchev–Trinajstić information content (AvgIpc) is 2.38. The number of nitro benzene ring substituents is 1. The van der Waals surface area contributed by atoms with Gasteiger partial charge in [-0.15, -0.1) is 0 Å². The van der Waals surface area contributed by atoms with Crippen LogP contribution in [0.3, 0.4) is 0 Å². The molecule has 0 fully saturated rings. The Labute approximate surface area is 115 Å². The Kier molecular flexibility index (Phi) is 6.14. The Balaban J connectivity index is 2.57. The normalized spacial score (nSPS) is 10.2. The fraction of sp³-hybridized carbons (Fsp3) is 0.417. The highest BCUT2D eigenvalue weighted by atomic mass is 32.2. The fourth-order valence-corrected chi connectivity index (χ4v) is 2.01. The summed E-state index contributed by atoms with van der Waals surface area (Å²) < 4.78 is 0. The molecule has 0 bridgehead atoms. The summed E-state index contributed by atoms with van der Waals surface area (Å²) in [5, 5.41) is 13.5. The van der Waals surface area contributed by atoms with E-state index in [1.807, 2.05) is 6.26 Å². The zero-order chi connectivity index (χ0) is 14.3. The van der Waals surface area contributed by atoms with E-state index in [1.165, 1.54) is 18.2 Å². The van der Waals surface area contributed by atoms with Crippen molar-refractivity contribution in [2.75, 3.05) is 24.3 Å². The standard InChI is InChI=1S/C12H17N3O3S/c1-19-7-3-2-6-14-12(16)9-4-5-10(13)11(8-9)15(17)18/h4-5,8H,2-3,6-7,13H2,1H3,(H,14,16). The molecule has 1 aromatic carbocycles. The predicted octanol–water partition coefficient (Wildman–Crippen LogP) is 2.05. The Morgan fingerprint density at radius 3 is 2.84 bits per heavy atom. The fourth-order valence-electron chi connectivity index (χ4n) is 1.52. The first-order chi connectivity index (χ1) is 9.06. The second-order valence-corrected chi connectivity index (χ2v) is 4.97. The van der Waals surface area contributed by atoms with Crippen molar-refractivity contribution in [1.82, 2.24) is 5.32 Å². The van der Waals surface area contributed by atoms with Crippen molar-refractivity contribution in [3.63, 3.8) is 0 Å². The highest BCUT2D eigenvalue weighted by molar-refractivity contribution is 7.98. The number of nitrogens with one attached hydrogen (secondary N) is 1. The van der Waals surface area contributed by atoms with E-state index in [2.05, 4.69) is 5.32 Å². The number of hydrogen-bond acceptors (Lipinski definition) is 5. The molecule has 6 nitrogen and oxygen atoms in total. The van der Waals surface area contributed by atoms with Crippen molar-refractivity contribution < 1.29 is 9.72 Å². The first kappa shape index (κ1) is 15.3. The van der Waals surface area contributed by atoms with Crippen LogP contribution in [0.4, 0.5) is 11.4 Å². The lowest BCUT2D eigenvalue weighted by Crippen LogP contribution is -2.24. The first-order valence-corrected chi connectivity index (χ1v) is 7.26. The minimum absolute atomic E-state index is 0.0570. The largest absolute Gasteiger partial charge is 0.393 e. The van der Waals surface area contributed by atoms with Crippen LogP contribution in [0.15, 0.2) is 18.2 Å². The Hall–Kier alpha value is -1.76. The molecule has 104 valence electrons. The van der Waals surface area contributed by atoms with Crippen molar-refractivity contribution >= 4 is 29.0 Å². The van der Waals surface area contributed by atoms with Gasteiger partial charge < -0.3 is 11.1 Å². The van der Waals surface area contributed by atoms with Gasteiger partial charge in [0.2, 0.25) is 0 Å². The lowest BCUT2D eigenvalue weighted by atomic mass is 10.1. The van der Waals surface area contributed by atoms with Gasteiger partial charge >= 0.3 is 0 Å². The second-order valence-electron chi connectivity index (χ2n) is 3.99. The minimum atomic E-state index is -0.593. The van der Waals surface area contributed by atoms with Crippen LogP contribution in [0.1, 0.15) is 23.2 Å².